The number of carbonyl (C=O) groups excluding carboxylic acids is 2. The van der Waals surface area contributed by atoms with E-state index in [1.165, 1.54) is 30.4 Å². The van der Waals surface area contributed by atoms with Crippen molar-refractivity contribution in [2.75, 3.05) is 0 Å². The van der Waals surface area contributed by atoms with Crippen molar-refractivity contribution < 1.29 is 19.0 Å². The fourth-order valence-electron chi connectivity index (χ4n) is 1.91. The zero-order valence-electron chi connectivity index (χ0n) is 14.3. The average molecular weight is 341 g/mol. The summed E-state index contributed by atoms with van der Waals surface area (Å²) in [5, 5.41) is 0. The fraction of sp³-hybridized carbons (Fsp3) is 0.556. The Balaban J connectivity index is 0. The van der Waals surface area contributed by atoms with Gasteiger partial charge in [0.05, 0.1) is 0 Å². The molecule has 0 aliphatic rings. The molecule has 0 spiro atoms. The van der Waals surface area contributed by atoms with Crippen molar-refractivity contribution in [3.63, 3.8) is 0 Å². The molecule has 1 aromatic carbocycles. The molecule has 0 bridgehead atoms. The molecule has 0 fully saturated rings. The molecule has 1 unspecified atom stereocenters. The van der Waals surface area contributed by atoms with Crippen molar-refractivity contribution in [3.05, 3.63) is 35.4 Å². The third-order valence-corrected chi connectivity index (χ3v) is 3.09. The first-order chi connectivity index (χ1) is 11.2. The normalized spacial score (nSPS) is 9.17. The van der Waals surface area contributed by atoms with Gasteiger partial charge in [0.15, 0.2) is 0 Å². The summed E-state index contributed by atoms with van der Waals surface area (Å²) >= 11 is 0. The smallest absolute Gasteiger partial charge is 0.303 e. The largest absolute Gasteiger partial charge is 0.491 e. The Kier molecular flexibility index (Phi) is 21.4. The molecule has 1 rings (SSSR count). The van der Waals surface area contributed by atoms with Crippen LogP contribution in [0, 0.1) is 0 Å². The minimum atomic E-state index is -1.17. The summed E-state index contributed by atoms with van der Waals surface area (Å²) in [7, 11) is -1.17. The van der Waals surface area contributed by atoms with Gasteiger partial charge in [0, 0.05) is 12.8 Å². The van der Waals surface area contributed by atoms with Gasteiger partial charge in [-0.05, 0) is 47.8 Å². The van der Waals surface area contributed by atoms with Gasteiger partial charge in [0.2, 0.25) is 0 Å². The Morgan fingerprint density at radius 1 is 0.913 bits per heavy atom. The van der Waals surface area contributed by atoms with Crippen LogP contribution in [-0.2, 0) is 27.0 Å². The van der Waals surface area contributed by atoms with Crippen LogP contribution >= 0.6 is 8.69 Å². The molecule has 1 atom stereocenters. The van der Waals surface area contributed by atoms with E-state index >= 15 is 0 Å². The zero-order valence-corrected chi connectivity index (χ0v) is 15.3. The maximum atomic E-state index is 10.3. The maximum absolute atomic E-state index is 10.3. The third kappa shape index (κ3) is 16.8. The van der Waals surface area contributed by atoms with E-state index in [1.807, 2.05) is 6.92 Å². The highest BCUT2D eigenvalue weighted by Gasteiger charge is 2.00. The average Bonchev–Trinajstić information content (AvgIpc) is 2.56. The van der Waals surface area contributed by atoms with Crippen LogP contribution in [0.3, 0.4) is 0 Å². The molecule has 0 aromatic heterocycles. The van der Waals surface area contributed by atoms with Gasteiger partial charge in [-0.25, -0.2) is 0 Å². The molecule has 0 amide bonds. The predicted octanol–water partition coefficient (Wildman–Crippen LogP) is 4.45. The van der Waals surface area contributed by atoms with Crippen LogP contribution in [0.2, 0.25) is 0 Å². The molecule has 23 heavy (non-hydrogen) atoms. The topological polar surface area (TPSA) is 71.4 Å². The van der Waals surface area contributed by atoms with Crippen molar-refractivity contribution in [3.8, 4) is 0 Å². The maximum Gasteiger partial charge on any atom is 0.491 e. The minimum Gasteiger partial charge on any atom is -0.303 e. The fourth-order valence-corrected chi connectivity index (χ4v) is 1.91. The first-order valence-corrected chi connectivity index (χ1v) is 9.02. The molecule has 0 saturated heterocycles. The number of hydrogen-bond donors (Lipinski definition) is 1. The minimum absolute atomic E-state index is 0.683. The Morgan fingerprint density at radius 3 is 1.74 bits per heavy atom. The van der Waals surface area contributed by atoms with Crippen LogP contribution in [0.5, 0.6) is 0 Å². The van der Waals surface area contributed by atoms with Crippen molar-refractivity contribution in [1.29, 1.82) is 0 Å². The lowest BCUT2D eigenvalue weighted by Crippen LogP contribution is -1.94. The van der Waals surface area contributed by atoms with E-state index in [9.17, 15) is 9.59 Å². The van der Waals surface area contributed by atoms with Gasteiger partial charge in [-0.1, -0.05) is 44.5 Å². The number of unbranched alkanes of at least 4 members (excludes halogenated alkanes) is 3. The van der Waals surface area contributed by atoms with E-state index in [1.54, 1.807) is 0 Å². The first kappa shape index (κ1) is 23.9. The second kappa shape index (κ2) is 20.6. The Labute approximate surface area is 141 Å². The monoisotopic (exact) mass is 341 g/mol. The van der Waals surface area contributed by atoms with E-state index in [0.717, 1.165) is 31.8 Å². The molecular formula is C18H30O4P+. The Hall–Kier alpha value is -1.38. The van der Waals surface area contributed by atoms with E-state index in [-0.39, 0.29) is 0 Å². The number of hydrogen-bond acceptors (Lipinski definition) is 3. The molecule has 0 radical (unpaired) electrons. The highest BCUT2D eigenvalue weighted by Crippen LogP contribution is 2.14. The molecule has 130 valence electrons. The first-order valence-electron chi connectivity index (χ1n) is 8.16. The highest BCUT2D eigenvalue weighted by atomic mass is 31.1. The lowest BCUT2D eigenvalue weighted by atomic mass is 9.98. The van der Waals surface area contributed by atoms with E-state index in [4.69, 9.17) is 9.46 Å². The highest BCUT2D eigenvalue weighted by molar-refractivity contribution is 7.16. The van der Waals surface area contributed by atoms with Crippen LogP contribution in [0.1, 0.15) is 63.5 Å². The van der Waals surface area contributed by atoms with Crippen LogP contribution in [-0.4, -0.2) is 17.5 Å². The van der Waals surface area contributed by atoms with Gasteiger partial charge in [-0.2, -0.15) is 4.89 Å². The molecule has 5 heteroatoms. The van der Waals surface area contributed by atoms with Gasteiger partial charge in [-0.15, -0.1) is 0 Å². The van der Waals surface area contributed by atoms with E-state index in [2.05, 4.69) is 31.2 Å². The summed E-state index contributed by atoms with van der Waals surface area (Å²) in [6.07, 6.45) is 9.99. The Morgan fingerprint density at radius 2 is 1.39 bits per heavy atom. The van der Waals surface area contributed by atoms with Crippen molar-refractivity contribution >= 4 is 21.3 Å². The van der Waals surface area contributed by atoms with Crippen molar-refractivity contribution in [2.24, 2.45) is 0 Å². The van der Waals surface area contributed by atoms with Gasteiger partial charge >= 0.3 is 8.69 Å². The van der Waals surface area contributed by atoms with Gasteiger partial charge in [0.25, 0.3) is 0 Å². The molecule has 1 aromatic rings. The second-order valence-electron chi connectivity index (χ2n) is 4.98. The number of carbonyl (C=O) groups is 2. The zero-order chi connectivity index (χ0) is 17.8. The number of benzene rings is 1. The summed E-state index contributed by atoms with van der Waals surface area (Å²) in [5.41, 5.74) is 2.89. The molecule has 0 saturated carbocycles. The summed E-state index contributed by atoms with van der Waals surface area (Å²) in [6, 6.07) is 8.60. The number of rotatable bonds is 9. The summed E-state index contributed by atoms with van der Waals surface area (Å²) in [5.74, 6) is 0. The van der Waals surface area contributed by atoms with Crippen molar-refractivity contribution in [1.82, 2.24) is 0 Å². The molecular weight excluding hydrogens is 311 g/mol. The number of aryl methyl sites for hydroxylation is 2. The molecule has 4 nitrogen and oxygen atoms in total. The van der Waals surface area contributed by atoms with Crippen LogP contribution in [0.25, 0.3) is 0 Å². The van der Waals surface area contributed by atoms with Crippen LogP contribution in [0.15, 0.2) is 24.3 Å². The molecule has 0 aliphatic heterocycles. The van der Waals surface area contributed by atoms with Crippen LogP contribution < -0.4 is 0 Å². The quantitative estimate of drug-likeness (QED) is 0.409. The van der Waals surface area contributed by atoms with Gasteiger partial charge in [0.1, 0.15) is 12.6 Å². The molecule has 0 heterocycles. The second-order valence-corrected chi connectivity index (χ2v) is 5.16. The van der Waals surface area contributed by atoms with E-state index in [0.29, 0.717) is 12.8 Å². The number of aldehydes is 2. The summed E-state index contributed by atoms with van der Waals surface area (Å²) in [6.45, 7) is 4.20. The predicted molar refractivity (Wildman–Crippen MR) is 96.2 cm³/mol. The SMILES string of the molecule is CCCC=O.CCCCc1ccccc1CCCC=O.O=[PH+]O. The van der Waals surface area contributed by atoms with Crippen molar-refractivity contribution in [2.45, 2.75) is 65.2 Å². The molecule has 0 aliphatic carbocycles. The standard InChI is InChI=1S/C14H20O.C4H8O.HO2P/c1-2-3-8-13-9-4-5-10-14(13)11-6-7-12-15;1-2-3-4-5;1-3-2/h4-5,9-10,12H,2-3,6-8,11H2,1H3;4H,2-3H2,1H3;3H/p+1. The van der Waals surface area contributed by atoms with Gasteiger partial charge < -0.3 is 9.59 Å². The van der Waals surface area contributed by atoms with Crippen LogP contribution in [0.4, 0.5) is 0 Å². The third-order valence-electron chi connectivity index (χ3n) is 3.09. The summed E-state index contributed by atoms with van der Waals surface area (Å²) in [4.78, 5) is 26.7. The van der Waals surface area contributed by atoms with E-state index < -0.39 is 8.69 Å². The summed E-state index contributed by atoms with van der Waals surface area (Å²) < 4.78 is 8.51. The lowest BCUT2D eigenvalue weighted by molar-refractivity contribution is -0.108. The van der Waals surface area contributed by atoms with Gasteiger partial charge in [-0.3, -0.25) is 0 Å². The Bertz CT molecular complexity index is 408. The molecule has 1 N–H and O–H groups in total. The lowest BCUT2D eigenvalue weighted by Gasteiger charge is -2.07.